The Morgan fingerprint density at radius 2 is 1.84 bits per heavy atom. The Balaban J connectivity index is 2.57. The summed E-state index contributed by atoms with van der Waals surface area (Å²) in [5.41, 5.74) is 0.646. The first kappa shape index (κ1) is 15.1. The molecular formula is C14H18FNO3. The Bertz CT molecular complexity index is 443. The molecule has 0 aromatic heterocycles. The van der Waals surface area contributed by atoms with Gasteiger partial charge < -0.3 is 10.4 Å². The van der Waals surface area contributed by atoms with Crippen molar-refractivity contribution in [2.75, 3.05) is 0 Å². The van der Waals surface area contributed by atoms with Gasteiger partial charge in [-0.25, -0.2) is 9.18 Å². The van der Waals surface area contributed by atoms with Gasteiger partial charge in [0.15, 0.2) is 0 Å². The van der Waals surface area contributed by atoms with E-state index >= 15 is 0 Å². The molecule has 0 saturated carbocycles. The molecule has 0 aliphatic carbocycles. The first-order chi connectivity index (χ1) is 8.88. The smallest absolute Gasteiger partial charge is 0.326 e. The summed E-state index contributed by atoms with van der Waals surface area (Å²) in [5, 5.41) is 11.5. The highest BCUT2D eigenvalue weighted by Crippen LogP contribution is 2.07. The van der Waals surface area contributed by atoms with Crippen molar-refractivity contribution in [1.82, 2.24) is 5.32 Å². The molecule has 4 nitrogen and oxygen atoms in total. The molecule has 19 heavy (non-hydrogen) atoms. The molecule has 5 heteroatoms. The summed E-state index contributed by atoms with van der Waals surface area (Å²) in [4.78, 5) is 22.7. The van der Waals surface area contributed by atoms with E-state index in [0.717, 1.165) is 0 Å². The van der Waals surface area contributed by atoms with Crippen molar-refractivity contribution in [2.45, 2.75) is 32.7 Å². The minimum atomic E-state index is -1.04. The van der Waals surface area contributed by atoms with E-state index in [9.17, 15) is 14.0 Å². The number of aliphatic carboxylic acids is 1. The average molecular weight is 267 g/mol. The predicted octanol–water partition coefficient (Wildman–Crippen LogP) is 1.98. The monoisotopic (exact) mass is 267 g/mol. The van der Waals surface area contributed by atoms with Gasteiger partial charge in [-0.15, -0.1) is 0 Å². The number of carboxylic acids is 1. The number of rotatable bonds is 6. The number of carboxylic acid groups (broad SMARTS) is 1. The highest BCUT2D eigenvalue weighted by atomic mass is 19.1. The van der Waals surface area contributed by atoms with Gasteiger partial charge in [0.25, 0.3) is 0 Å². The van der Waals surface area contributed by atoms with Crippen molar-refractivity contribution in [1.29, 1.82) is 0 Å². The van der Waals surface area contributed by atoms with Gasteiger partial charge in [0.05, 0.1) is 6.42 Å². The summed E-state index contributed by atoms with van der Waals surface area (Å²) >= 11 is 0. The predicted molar refractivity (Wildman–Crippen MR) is 69.1 cm³/mol. The molecule has 1 aromatic carbocycles. The van der Waals surface area contributed by atoms with Crippen molar-refractivity contribution in [3.05, 3.63) is 35.6 Å². The quantitative estimate of drug-likeness (QED) is 0.828. The zero-order valence-corrected chi connectivity index (χ0v) is 11.0. The lowest BCUT2D eigenvalue weighted by Gasteiger charge is -2.16. The van der Waals surface area contributed by atoms with E-state index in [1.54, 1.807) is 0 Å². The number of benzene rings is 1. The normalized spacial score (nSPS) is 12.2. The number of halogens is 1. The average Bonchev–Trinajstić information content (AvgIpc) is 2.30. The lowest BCUT2D eigenvalue weighted by Crippen LogP contribution is -2.42. The molecule has 104 valence electrons. The maximum Gasteiger partial charge on any atom is 0.326 e. The summed E-state index contributed by atoms with van der Waals surface area (Å²) in [6.45, 7) is 3.78. The molecule has 0 unspecified atom stereocenters. The van der Waals surface area contributed by atoms with Crippen molar-refractivity contribution in [3.8, 4) is 0 Å². The third-order valence-corrected chi connectivity index (χ3v) is 2.62. The van der Waals surface area contributed by atoms with E-state index < -0.39 is 12.0 Å². The molecule has 0 aliphatic heterocycles. The molecule has 0 bridgehead atoms. The highest BCUT2D eigenvalue weighted by molar-refractivity contribution is 5.84. The number of carbonyl (C=O) groups excluding carboxylic acids is 1. The molecule has 2 N–H and O–H groups in total. The molecule has 0 spiro atoms. The van der Waals surface area contributed by atoms with Crippen molar-refractivity contribution in [2.24, 2.45) is 5.92 Å². The maximum absolute atomic E-state index is 12.7. The Morgan fingerprint density at radius 1 is 1.26 bits per heavy atom. The molecule has 1 aromatic rings. The molecule has 1 atom stereocenters. The third kappa shape index (κ3) is 5.50. The van der Waals surface area contributed by atoms with Gasteiger partial charge in [0, 0.05) is 0 Å². The van der Waals surface area contributed by atoms with Crippen LogP contribution in [-0.4, -0.2) is 23.0 Å². The van der Waals surface area contributed by atoms with E-state index in [1.165, 1.54) is 24.3 Å². The molecule has 0 fully saturated rings. The molecule has 0 aliphatic rings. The second-order valence-electron chi connectivity index (χ2n) is 4.89. The molecule has 1 amide bonds. The number of hydrogen-bond acceptors (Lipinski definition) is 2. The van der Waals surface area contributed by atoms with Crippen LogP contribution in [0.5, 0.6) is 0 Å². The second-order valence-corrected chi connectivity index (χ2v) is 4.89. The molecule has 0 heterocycles. The first-order valence-electron chi connectivity index (χ1n) is 6.15. The van der Waals surface area contributed by atoms with Crippen LogP contribution < -0.4 is 5.32 Å². The largest absolute Gasteiger partial charge is 0.480 e. The maximum atomic E-state index is 12.7. The minimum absolute atomic E-state index is 0.0438. The van der Waals surface area contributed by atoms with Crippen molar-refractivity contribution >= 4 is 11.9 Å². The zero-order chi connectivity index (χ0) is 14.4. The van der Waals surface area contributed by atoms with E-state index in [-0.39, 0.29) is 24.1 Å². The van der Waals surface area contributed by atoms with Crippen LogP contribution in [0.2, 0.25) is 0 Å². The van der Waals surface area contributed by atoms with Gasteiger partial charge in [-0.2, -0.15) is 0 Å². The van der Waals surface area contributed by atoms with Gasteiger partial charge in [0.2, 0.25) is 5.91 Å². The lowest BCUT2D eigenvalue weighted by molar-refractivity contribution is -0.142. The Labute approximate surface area is 111 Å². The second kappa shape index (κ2) is 6.87. The summed E-state index contributed by atoms with van der Waals surface area (Å²) in [7, 11) is 0. The summed E-state index contributed by atoms with van der Waals surface area (Å²) in [6.07, 6.45) is 0.423. The number of nitrogens with one attached hydrogen (secondary N) is 1. The topological polar surface area (TPSA) is 66.4 Å². The summed E-state index contributed by atoms with van der Waals surface area (Å²) in [5.74, 6) is -1.61. The molecule has 0 radical (unpaired) electrons. The van der Waals surface area contributed by atoms with Crippen LogP contribution >= 0.6 is 0 Å². The lowest BCUT2D eigenvalue weighted by atomic mass is 10.0. The van der Waals surface area contributed by atoms with Gasteiger partial charge >= 0.3 is 5.97 Å². The van der Waals surface area contributed by atoms with E-state index in [1.807, 2.05) is 13.8 Å². The molecular weight excluding hydrogens is 249 g/mol. The van der Waals surface area contributed by atoms with Crippen LogP contribution in [0.4, 0.5) is 4.39 Å². The van der Waals surface area contributed by atoms with Crippen LogP contribution in [-0.2, 0) is 16.0 Å². The fraction of sp³-hybridized carbons (Fsp3) is 0.429. The van der Waals surface area contributed by atoms with Crippen molar-refractivity contribution in [3.63, 3.8) is 0 Å². The van der Waals surface area contributed by atoms with Gasteiger partial charge in [-0.05, 0) is 30.0 Å². The van der Waals surface area contributed by atoms with Crippen LogP contribution in [0, 0.1) is 11.7 Å². The zero-order valence-electron chi connectivity index (χ0n) is 11.0. The number of amides is 1. The number of carbonyl (C=O) groups is 2. The fourth-order valence-corrected chi connectivity index (χ4v) is 1.73. The molecule has 0 saturated heterocycles. The third-order valence-electron chi connectivity index (χ3n) is 2.62. The van der Waals surface area contributed by atoms with Gasteiger partial charge in [-0.1, -0.05) is 26.0 Å². The highest BCUT2D eigenvalue weighted by Gasteiger charge is 2.20. The van der Waals surface area contributed by atoms with Gasteiger partial charge in [-0.3, -0.25) is 4.79 Å². The van der Waals surface area contributed by atoms with Crippen LogP contribution in [0.1, 0.15) is 25.8 Å². The van der Waals surface area contributed by atoms with Crippen LogP contribution in [0.25, 0.3) is 0 Å². The van der Waals surface area contributed by atoms with Crippen LogP contribution in [0.3, 0.4) is 0 Å². The van der Waals surface area contributed by atoms with E-state index in [0.29, 0.717) is 12.0 Å². The Morgan fingerprint density at radius 3 is 2.32 bits per heavy atom. The van der Waals surface area contributed by atoms with Crippen LogP contribution in [0.15, 0.2) is 24.3 Å². The van der Waals surface area contributed by atoms with Crippen molar-refractivity contribution < 1.29 is 19.1 Å². The fourth-order valence-electron chi connectivity index (χ4n) is 1.73. The summed E-state index contributed by atoms with van der Waals surface area (Å²) < 4.78 is 12.7. The SMILES string of the molecule is CC(C)C[C@H](NC(=O)Cc1ccc(F)cc1)C(=O)O. The Hall–Kier alpha value is -1.91. The number of hydrogen-bond donors (Lipinski definition) is 2. The first-order valence-corrected chi connectivity index (χ1v) is 6.15. The van der Waals surface area contributed by atoms with E-state index in [4.69, 9.17) is 5.11 Å². The minimum Gasteiger partial charge on any atom is -0.480 e. The summed E-state index contributed by atoms with van der Waals surface area (Å²) in [6, 6.07) is 4.67. The van der Waals surface area contributed by atoms with E-state index in [2.05, 4.69) is 5.32 Å². The standard InChI is InChI=1S/C14H18FNO3/c1-9(2)7-12(14(18)19)16-13(17)8-10-3-5-11(15)6-4-10/h3-6,9,12H,7-8H2,1-2H3,(H,16,17)(H,18,19)/t12-/m0/s1. The Kier molecular flexibility index (Phi) is 5.48. The molecule has 1 rings (SSSR count). The van der Waals surface area contributed by atoms with Gasteiger partial charge in [0.1, 0.15) is 11.9 Å².